The van der Waals surface area contributed by atoms with E-state index in [1.807, 2.05) is 60.7 Å². The van der Waals surface area contributed by atoms with Gasteiger partial charge in [-0.25, -0.2) is 4.98 Å². The largest absolute Gasteiger partial charge is 0.465 e. The molecule has 1 aromatic heterocycles. The fourth-order valence-corrected chi connectivity index (χ4v) is 2.95. The summed E-state index contributed by atoms with van der Waals surface area (Å²) in [5.41, 5.74) is 2.39. The van der Waals surface area contributed by atoms with Gasteiger partial charge in [-0.1, -0.05) is 60.7 Å². The highest BCUT2D eigenvalue weighted by atomic mass is 16.6. The maximum Gasteiger partial charge on any atom is 0.320 e. The number of oxazole rings is 1. The molecule has 0 atom stereocenters. The van der Waals surface area contributed by atoms with Gasteiger partial charge in [-0.3, -0.25) is 9.59 Å². The highest BCUT2D eigenvalue weighted by Gasteiger charge is 2.32. The Balaban J connectivity index is 1.99. The second-order valence-corrected chi connectivity index (χ2v) is 6.28. The first-order valence-electron chi connectivity index (χ1n) is 9.57. The van der Waals surface area contributed by atoms with Crippen molar-refractivity contribution < 1.29 is 23.5 Å². The normalized spacial score (nSPS) is 10.7. The van der Waals surface area contributed by atoms with E-state index in [-0.39, 0.29) is 25.5 Å². The van der Waals surface area contributed by atoms with Crippen LogP contribution in [0.1, 0.15) is 19.7 Å². The standard InChI is InChI=1S/C23H23NO5/c1-3-27-22(25)18(23(26)28-4-2)15-19-24-20(16-11-7-5-8-12-16)21(29-19)17-13-9-6-10-14-17/h5-14,18H,3-4,15H2,1-2H3. The van der Waals surface area contributed by atoms with E-state index < -0.39 is 17.9 Å². The Kier molecular flexibility index (Phi) is 6.79. The molecule has 3 rings (SSSR count). The molecule has 0 unspecified atom stereocenters. The van der Waals surface area contributed by atoms with E-state index >= 15 is 0 Å². The van der Waals surface area contributed by atoms with Gasteiger partial charge in [0.25, 0.3) is 0 Å². The Labute approximate surface area is 169 Å². The topological polar surface area (TPSA) is 78.6 Å². The molecule has 0 spiro atoms. The Bertz CT molecular complexity index is 875. The summed E-state index contributed by atoms with van der Waals surface area (Å²) < 4.78 is 16.1. The zero-order valence-corrected chi connectivity index (χ0v) is 16.5. The van der Waals surface area contributed by atoms with E-state index in [4.69, 9.17) is 13.9 Å². The molecular weight excluding hydrogens is 370 g/mol. The summed E-state index contributed by atoms with van der Waals surface area (Å²) in [6, 6.07) is 19.2. The zero-order valence-electron chi connectivity index (χ0n) is 16.5. The van der Waals surface area contributed by atoms with E-state index in [0.29, 0.717) is 11.5 Å². The maximum atomic E-state index is 12.3. The maximum absolute atomic E-state index is 12.3. The summed E-state index contributed by atoms with van der Waals surface area (Å²) in [5.74, 6) is -1.56. The van der Waals surface area contributed by atoms with Crippen LogP contribution in [-0.2, 0) is 25.5 Å². The first-order chi connectivity index (χ1) is 14.1. The van der Waals surface area contributed by atoms with Crippen LogP contribution in [0.5, 0.6) is 0 Å². The van der Waals surface area contributed by atoms with Crippen molar-refractivity contribution in [3.05, 3.63) is 66.6 Å². The molecule has 0 N–H and O–H groups in total. The summed E-state index contributed by atoms with van der Waals surface area (Å²) in [7, 11) is 0. The van der Waals surface area contributed by atoms with Crippen molar-refractivity contribution >= 4 is 11.9 Å². The van der Waals surface area contributed by atoms with Crippen LogP contribution in [0, 0.1) is 5.92 Å². The number of esters is 2. The number of benzene rings is 2. The lowest BCUT2D eigenvalue weighted by Gasteiger charge is -2.12. The first-order valence-corrected chi connectivity index (χ1v) is 9.57. The third-order valence-corrected chi connectivity index (χ3v) is 4.28. The van der Waals surface area contributed by atoms with Crippen molar-refractivity contribution in [2.24, 2.45) is 5.92 Å². The van der Waals surface area contributed by atoms with Gasteiger partial charge in [0.1, 0.15) is 5.69 Å². The SMILES string of the molecule is CCOC(=O)C(Cc1nc(-c2ccccc2)c(-c2ccccc2)o1)C(=O)OCC. The number of nitrogens with zero attached hydrogens (tertiary/aromatic N) is 1. The van der Waals surface area contributed by atoms with E-state index in [1.165, 1.54) is 0 Å². The average molecular weight is 393 g/mol. The van der Waals surface area contributed by atoms with E-state index in [1.54, 1.807) is 13.8 Å². The predicted octanol–water partition coefficient (Wildman–Crippen LogP) is 4.29. The molecular formula is C23H23NO5. The molecule has 0 saturated heterocycles. The number of rotatable bonds is 8. The Morgan fingerprint density at radius 3 is 1.90 bits per heavy atom. The molecule has 0 amide bonds. The van der Waals surface area contributed by atoms with Gasteiger partial charge in [0.15, 0.2) is 17.6 Å². The third kappa shape index (κ3) is 4.90. The van der Waals surface area contributed by atoms with Gasteiger partial charge in [-0.2, -0.15) is 0 Å². The summed E-state index contributed by atoms with van der Waals surface area (Å²) in [4.78, 5) is 29.2. The van der Waals surface area contributed by atoms with Gasteiger partial charge in [0.05, 0.1) is 13.2 Å². The molecule has 3 aromatic rings. The van der Waals surface area contributed by atoms with Crippen molar-refractivity contribution in [3.63, 3.8) is 0 Å². The highest BCUT2D eigenvalue weighted by Crippen LogP contribution is 2.33. The second kappa shape index (κ2) is 9.68. The molecule has 2 aromatic carbocycles. The van der Waals surface area contributed by atoms with Crippen molar-refractivity contribution in [2.45, 2.75) is 20.3 Å². The number of hydrogen-bond donors (Lipinski definition) is 0. The number of aromatic nitrogens is 1. The van der Waals surface area contributed by atoms with Gasteiger partial charge >= 0.3 is 11.9 Å². The molecule has 0 bridgehead atoms. The van der Waals surface area contributed by atoms with Crippen LogP contribution >= 0.6 is 0 Å². The van der Waals surface area contributed by atoms with Crippen molar-refractivity contribution in [3.8, 4) is 22.6 Å². The molecule has 0 aliphatic heterocycles. The number of carbonyl (C=O) groups is 2. The fourth-order valence-electron chi connectivity index (χ4n) is 2.95. The van der Waals surface area contributed by atoms with Crippen LogP contribution in [0.15, 0.2) is 65.1 Å². The van der Waals surface area contributed by atoms with E-state index in [0.717, 1.165) is 11.1 Å². The summed E-state index contributed by atoms with van der Waals surface area (Å²) in [6.07, 6.45) is -0.0374. The Morgan fingerprint density at radius 1 is 0.862 bits per heavy atom. The van der Waals surface area contributed by atoms with Gasteiger partial charge in [0.2, 0.25) is 0 Å². The van der Waals surface area contributed by atoms with E-state index in [9.17, 15) is 9.59 Å². The number of ether oxygens (including phenoxy) is 2. The second-order valence-electron chi connectivity index (χ2n) is 6.28. The fraction of sp³-hybridized carbons (Fsp3) is 0.261. The minimum absolute atomic E-state index is 0.0374. The Hall–Kier alpha value is -3.41. The lowest BCUT2D eigenvalue weighted by atomic mass is 10.1. The number of carbonyl (C=O) groups excluding carboxylic acids is 2. The van der Waals surface area contributed by atoms with Crippen LogP contribution in [0.25, 0.3) is 22.6 Å². The lowest BCUT2D eigenvalue weighted by molar-refractivity contribution is -0.161. The third-order valence-electron chi connectivity index (χ3n) is 4.28. The average Bonchev–Trinajstić information content (AvgIpc) is 3.17. The molecule has 6 heteroatoms. The summed E-state index contributed by atoms with van der Waals surface area (Å²) in [5, 5.41) is 0. The molecule has 29 heavy (non-hydrogen) atoms. The molecule has 0 radical (unpaired) electrons. The van der Waals surface area contributed by atoms with Crippen LogP contribution < -0.4 is 0 Å². The molecule has 6 nitrogen and oxygen atoms in total. The highest BCUT2D eigenvalue weighted by molar-refractivity contribution is 5.95. The van der Waals surface area contributed by atoms with Gasteiger partial charge in [0, 0.05) is 17.5 Å². The smallest absolute Gasteiger partial charge is 0.320 e. The minimum atomic E-state index is -1.12. The first kappa shape index (κ1) is 20.3. The molecule has 0 saturated carbocycles. The molecule has 0 fully saturated rings. The van der Waals surface area contributed by atoms with Crippen LogP contribution in [0.3, 0.4) is 0 Å². The van der Waals surface area contributed by atoms with E-state index in [2.05, 4.69) is 4.98 Å². The number of hydrogen-bond acceptors (Lipinski definition) is 6. The van der Waals surface area contributed by atoms with Crippen molar-refractivity contribution in [2.75, 3.05) is 13.2 Å². The lowest BCUT2D eigenvalue weighted by Crippen LogP contribution is -2.30. The van der Waals surface area contributed by atoms with Gasteiger partial charge in [-0.05, 0) is 13.8 Å². The van der Waals surface area contributed by atoms with Crippen LogP contribution in [0.4, 0.5) is 0 Å². The zero-order chi connectivity index (χ0) is 20.6. The van der Waals surface area contributed by atoms with Crippen LogP contribution in [-0.4, -0.2) is 30.1 Å². The monoisotopic (exact) mass is 393 g/mol. The molecule has 1 heterocycles. The van der Waals surface area contributed by atoms with Crippen molar-refractivity contribution in [1.82, 2.24) is 4.98 Å². The quantitative estimate of drug-likeness (QED) is 0.420. The summed E-state index contributed by atoms with van der Waals surface area (Å²) in [6.45, 7) is 3.72. The van der Waals surface area contributed by atoms with Gasteiger partial charge < -0.3 is 13.9 Å². The molecule has 0 aliphatic carbocycles. The van der Waals surface area contributed by atoms with Gasteiger partial charge in [-0.15, -0.1) is 0 Å². The molecule has 150 valence electrons. The minimum Gasteiger partial charge on any atom is -0.465 e. The van der Waals surface area contributed by atoms with Crippen molar-refractivity contribution in [1.29, 1.82) is 0 Å². The van der Waals surface area contributed by atoms with Crippen LogP contribution in [0.2, 0.25) is 0 Å². The predicted molar refractivity (Wildman–Crippen MR) is 108 cm³/mol. The summed E-state index contributed by atoms with van der Waals surface area (Å²) >= 11 is 0. The Morgan fingerprint density at radius 2 is 1.38 bits per heavy atom. The molecule has 0 aliphatic rings.